The van der Waals surface area contributed by atoms with Gasteiger partial charge in [-0.1, -0.05) is 31.2 Å². The van der Waals surface area contributed by atoms with Gasteiger partial charge in [-0.3, -0.25) is 9.69 Å². The van der Waals surface area contributed by atoms with Gasteiger partial charge in [0.25, 0.3) is 5.91 Å². The molecule has 3 aliphatic heterocycles. The van der Waals surface area contributed by atoms with Crippen molar-refractivity contribution >= 4 is 17.6 Å². The van der Waals surface area contributed by atoms with Crippen LogP contribution in [-0.2, 0) is 9.53 Å². The number of benzene rings is 2. The number of rotatable bonds is 9. The number of fused-ring (bicyclic) bond motifs is 1. The van der Waals surface area contributed by atoms with Crippen molar-refractivity contribution in [3.63, 3.8) is 0 Å². The van der Waals surface area contributed by atoms with Crippen molar-refractivity contribution in [2.45, 2.75) is 25.8 Å². The number of ether oxygens (including phenoxy) is 3. The Bertz CT molecular complexity index is 1220. The fourth-order valence-corrected chi connectivity index (χ4v) is 4.90. The molecule has 0 unspecified atom stereocenters. The molecule has 0 bridgehead atoms. The molecule has 0 saturated carbocycles. The zero-order valence-electron chi connectivity index (χ0n) is 22.1. The molecular formula is C28H34FN5O5. The fourth-order valence-electron chi connectivity index (χ4n) is 4.90. The average Bonchev–Trinajstić information content (AvgIpc) is 3.62. The largest absolute Gasteiger partial charge is 0.454 e. The monoisotopic (exact) mass is 539 g/mol. The Kier molecular flexibility index (Phi) is 8.58. The van der Waals surface area contributed by atoms with Crippen LogP contribution in [0.5, 0.6) is 11.5 Å². The van der Waals surface area contributed by atoms with E-state index in [1.165, 1.54) is 16.0 Å². The lowest BCUT2D eigenvalue weighted by molar-refractivity contribution is -0.133. The van der Waals surface area contributed by atoms with Crippen LogP contribution < -0.4 is 14.8 Å². The van der Waals surface area contributed by atoms with Crippen LogP contribution in [0.15, 0.2) is 47.6 Å². The van der Waals surface area contributed by atoms with Crippen LogP contribution in [-0.4, -0.2) is 91.7 Å². The molecule has 0 radical (unpaired) electrons. The smallest absolute Gasteiger partial charge is 0.317 e. The van der Waals surface area contributed by atoms with Crippen LogP contribution in [0.25, 0.3) is 0 Å². The Hall–Kier alpha value is -3.70. The maximum absolute atomic E-state index is 14.7. The van der Waals surface area contributed by atoms with Crippen molar-refractivity contribution in [1.82, 2.24) is 20.1 Å². The van der Waals surface area contributed by atoms with Crippen LogP contribution >= 0.6 is 0 Å². The summed E-state index contributed by atoms with van der Waals surface area (Å²) in [5.74, 6) is 0.468. The van der Waals surface area contributed by atoms with Gasteiger partial charge < -0.3 is 24.4 Å². The standard InChI is InChI=1S/C28H34FN5O5/c1-2-9-30-28(36)33(11-10-32-12-14-37-15-13-32)18-27(35)34-24(20-7-8-25-26(16-20)39-19-38-25)17-23(31-34)21-5-3-4-6-22(21)29/h3-8,16,24H,2,9-15,17-19H2,1H3,(H,30,36)/t24-/m0/s1. The van der Waals surface area contributed by atoms with Crippen LogP contribution in [0.1, 0.15) is 36.9 Å². The molecule has 0 aromatic heterocycles. The highest BCUT2D eigenvalue weighted by Gasteiger charge is 2.36. The highest BCUT2D eigenvalue weighted by molar-refractivity contribution is 6.03. The normalized spacial score (nSPS) is 18.7. The lowest BCUT2D eigenvalue weighted by Crippen LogP contribution is -2.49. The number of morpholine rings is 1. The predicted octanol–water partition coefficient (Wildman–Crippen LogP) is 2.99. The van der Waals surface area contributed by atoms with E-state index in [9.17, 15) is 14.0 Å². The molecule has 39 heavy (non-hydrogen) atoms. The summed E-state index contributed by atoms with van der Waals surface area (Å²) in [4.78, 5) is 30.5. The minimum absolute atomic E-state index is 0.133. The van der Waals surface area contributed by atoms with Crippen LogP contribution in [0.4, 0.5) is 9.18 Å². The minimum Gasteiger partial charge on any atom is -0.454 e. The molecule has 0 spiro atoms. The number of carbonyl (C=O) groups is 2. The molecule has 1 fully saturated rings. The van der Waals surface area contributed by atoms with Gasteiger partial charge in [-0.2, -0.15) is 5.10 Å². The van der Waals surface area contributed by atoms with Gasteiger partial charge in [0, 0.05) is 44.7 Å². The zero-order chi connectivity index (χ0) is 27.2. The van der Waals surface area contributed by atoms with Crippen molar-refractivity contribution < 1.29 is 28.2 Å². The predicted molar refractivity (Wildman–Crippen MR) is 142 cm³/mol. The Morgan fingerprint density at radius 1 is 1.13 bits per heavy atom. The first-order valence-corrected chi connectivity index (χ1v) is 13.4. The molecule has 2 aromatic carbocycles. The molecule has 208 valence electrons. The molecule has 10 nitrogen and oxygen atoms in total. The SMILES string of the molecule is CCCNC(=O)N(CCN1CCOCC1)CC(=O)N1N=C(c2ccccc2F)C[C@H]1c1ccc2c(c1)OCO2. The number of halogens is 1. The second-order valence-corrected chi connectivity index (χ2v) is 9.70. The van der Waals surface area contributed by atoms with Gasteiger partial charge in [0.15, 0.2) is 11.5 Å². The Morgan fingerprint density at radius 3 is 2.72 bits per heavy atom. The summed E-state index contributed by atoms with van der Waals surface area (Å²) < 4.78 is 31.1. The van der Waals surface area contributed by atoms with Gasteiger partial charge in [-0.25, -0.2) is 14.2 Å². The quantitative estimate of drug-likeness (QED) is 0.527. The molecular weight excluding hydrogens is 505 g/mol. The fraction of sp³-hybridized carbons (Fsp3) is 0.464. The van der Waals surface area contributed by atoms with E-state index in [2.05, 4.69) is 15.3 Å². The summed E-state index contributed by atoms with van der Waals surface area (Å²) in [6, 6.07) is 11.1. The summed E-state index contributed by atoms with van der Waals surface area (Å²) in [5.41, 5.74) is 1.61. The zero-order valence-corrected chi connectivity index (χ0v) is 22.1. The molecule has 3 amide bonds. The summed E-state index contributed by atoms with van der Waals surface area (Å²) in [6.07, 6.45) is 1.10. The molecule has 11 heteroatoms. The van der Waals surface area contributed by atoms with Gasteiger partial charge in [-0.15, -0.1) is 0 Å². The molecule has 1 saturated heterocycles. The van der Waals surface area contributed by atoms with Crippen molar-refractivity contribution in [1.29, 1.82) is 0 Å². The van der Waals surface area contributed by atoms with E-state index in [4.69, 9.17) is 14.2 Å². The Balaban J connectivity index is 1.38. The van der Waals surface area contributed by atoms with Crippen molar-refractivity contribution in [2.75, 3.05) is 59.3 Å². The lowest BCUT2D eigenvalue weighted by atomic mass is 9.97. The lowest BCUT2D eigenvalue weighted by Gasteiger charge is -2.31. The number of hydrogen-bond acceptors (Lipinski definition) is 7. The third kappa shape index (κ3) is 6.31. The molecule has 0 aliphatic carbocycles. The molecule has 2 aromatic rings. The molecule has 5 rings (SSSR count). The average molecular weight is 540 g/mol. The summed E-state index contributed by atoms with van der Waals surface area (Å²) >= 11 is 0. The topological polar surface area (TPSA) is 95.9 Å². The highest BCUT2D eigenvalue weighted by Crippen LogP contribution is 2.39. The number of amides is 3. The number of nitrogens with one attached hydrogen (secondary N) is 1. The van der Waals surface area contributed by atoms with Gasteiger partial charge in [0.1, 0.15) is 12.4 Å². The summed E-state index contributed by atoms with van der Waals surface area (Å²) in [7, 11) is 0. The van der Waals surface area contributed by atoms with E-state index in [0.29, 0.717) is 62.0 Å². The van der Waals surface area contributed by atoms with Gasteiger partial charge in [0.05, 0.1) is 25.0 Å². The van der Waals surface area contributed by atoms with Gasteiger partial charge in [0.2, 0.25) is 6.79 Å². The number of urea groups is 1. The third-order valence-corrected chi connectivity index (χ3v) is 7.06. The van der Waals surface area contributed by atoms with E-state index in [1.807, 2.05) is 19.1 Å². The Morgan fingerprint density at radius 2 is 1.92 bits per heavy atom. The number of nitrogens with zero attached hydrogens (tertiary/aromatic N) is 4. The van der Waals surface area contributed by atoms with E-state index in [-0.39, 0.29) is 25.3 Å². The maximum atomic E-state index is 14.7. The highest BCUT2D eigenvalue weighted by atomic mass is 19.1. The number of hydrazone groups is 1. The van der Waals surface area contributed by atoms with E-state index in [0.717, 1.165) is 25.1 Å². The molecule has 1 atom stereocenters. The van der Waals surface area contributed by atoms with Gasteiger partial charge >= 0.3 is 6.03 Å². The Labute approximate surface area is 227 Å². The second-order valence-electron chi connectivity index (χ2n) is 9.70. The van der Waals surface area contributed by atoms with Crippen LogP contribution in [0.2, 0.25) is 0 Å². The van der Waals surface area contributed by atoms with E-state index in [1.54, 1.807) is 24.3 Å². The molecule has 1 N–H and O–H groups in total. The maximum Gasteiger partial charge on any atom is 0.317 e. The first-order valence-electron chi connectivity index (χ1n) is 13.4. The van der Waals surface area contributed by atoms with Gasteiger partial charge in [-0.05, 0) is 30.2 Å². The number of hydrogen-bond donors (Lipinski definition) is 1. The first kappa shape index (κ1) is 26.9. The van der Waals surface area contributed by atoms with Crippen LogP contribution in [0.3, 0.4) is 0 Å². The minimum atomic E-state index is -0.485. The number of carbonyl (C=O) groups excluding carboxylic acids is 2. The second kappa shape index (κ2) is 12.4. The molecule has 3 aliphatic rings. The first-order chi connectivity index (χ1) is 19.0. The summed E-state index contributed by atoms with van der Waals surface area (Å²) in [5, 5.41) is 8.87. The van der Waals surface area contributed by atoms with E-state index < -0.39 is 11.9 Å². The van der Waals surface area contributed by atoms with Crippen LogP contribution in [0, 0.1) is 5.82 Å². The summed E-state index contributed by atoms with van der Waals surface area (Å²) in [6.45, 7) is 6.35. The van der Waals surface area contributed by atoms with Crippen molar-refractivity contribution in [3.05, 3.63) is 59.4 Å². The van der Waals surface area contributed by atoms with Crippen molar-refractivity contribution in [3.8, 4) is 11.5 Å². The molecule has 3 heterocycles. The van der Waals surface area contributed by atoms with E-state index >= 15 is 0 Å². The van der Waals surface area contributed by atoms with Crippen molar-refractivity contribution in [2.24, 2.45) is 5.10 Å². The third-order valence-electron chi connectivity index (χ3n) is 7.06.